The van der Waals surface area contributed by atoms with Gasteiger partial charge in [-0.2, -0.15) is 13.3 Å². The number of rotatable bonds is 2. The van der Waals surface area contributed by atoms with E-state index in [9.17, 15) is 0 Å². The maximum atomic E-state index is 2.67. The molecule has 1 radical (unpaired) electrons. The zero-order valence-corrected chi connectivity index (χ0v) is 6.28. The molecular formula is C4H10MnP-. The molecule has 0 fully saturated rings. The summed E-state index contributed by atoms with van der Waals surface area (Å²) in [6.07, 6.45) is 4.59. The van der Waals surface area contributed by atoms with Crippen LogP contribution in [0.15, 0.2) is 0 Å². The van der Waals surface area contributed by atoms with Gasteiger partial charge in [0.25, 0.3) is 0 Å². The maximum absolute atomic E-state index is 2.67. The Morgan fingerprint density at radius 1 is 1.67 bits per heavy atom. The molecule has 0 rings (SSSR count). The molecule has 0 aromatic carbocycles. The summed E-state index contributed by atoms with van der Waals surface area (Å²) in [5.74, 6) is 0. The standard InChI is InChI=1S/C4H10P.Mn/c1-2-3-4-5;/h2H,3-5H2,1H3;/q-1;. The second-order valence-corrected chi connectivity index (χ2v) is 1.56. The van der Waals surface area contributed by atoms with E-state index in [0.29, 0.717) is 0 Å². The van der Waals surface area contributed by atoms with Crippen LogP contribution in [0.1, 0.15) is 13.3 Å². The van der Waals surface area contributed by atoms with E-state index in [4.69, 9.17) is 0 Å². The van der Waals surface area contributed by atoms with Gasteiger partial charge >= 0.3 is 0 Å². The molecule has 0 bridgehead atoms. The van der Waals surface area contributed by atoms with E-state index in [-0.39, 0.29) is 17.1 Å². The normalized spacial score (nSPS) is 7.00. The van der Waals surface area contributed by atoms with Gasteiger partial charge in [-0.1, -0.05) is 6.16 Å². The van der Waals surface area contributed by atoms with Crippen LogP contribution in [0, 0.1) is 6.42 Å². The van der Waals surface area contributed by atoms with Crippen molar-refractivity contribution in [2.75, 3.05) is 6.16 Å². The van der Waals surface area contributed by atoms with Crippen LogP contribution in [-0.4, -0.2) is 6.16 Å². The second-order valence-electron chi connectivity index (χ2n) is 0.986. The van der Waals surface area contributed by atoms with Crippen molar-refractivity contribution in [3.05, 3.63) is 6.42 Å². The first kappa shape index (κ1) is 10.0. The summed E-state index contributed by atoms with van der Waals surface area (Å²) in [5.41, 5.74) is 0. The molecule has 0 aliphatic carbocycles. The van der Waals surface area contributed by atoms with E-state index in [1.54, 1.807) is 0 Å². The Hall–Kier alpha value is 0.949. The van der Waals surface area contributed by atoms with Gasteiger partial charge in [0.05, 0.1) is 0 Å². The molecule has 0 saturated carbocycles. The minimum Gasteiger partial charge on any atom is -0.331 e. The average Bonchev–Trinajstić information content (AvgIpc) is 1.41. The molecular weight excluding hydrogens is 134 g/mol. The maximum Gasteiger partial charge on any atom is 0 e. The predicted molar refractivity (Wildman–Crippen MR) is 29.2 cm³/mol. The fourth-order valence-corrected chi connectivity index (χ4v) is 0.500. The van der Waals surface area contributed by atoms with Gasteiger partial charge in [-0.3, -0.25) is 0 Å². The summed E-state index contributed by atoms with van der Waals surface area (Å²) in [6, 6.07) is 0. The third kappa shape index (κ3) is 8.87. The molecule has 0 N–H and O–H groups in total. The topological polar surface area (TPSA) is 0 Å². The van der Waals surface area contributed by atoms with Gasteiger partial charge in [-0.15, -0.1) is 9.24 Å². The Bertz CT molecular complexity index is 15.0. The fourth-order valence-electron chi connectivity index (χ4n) is 0.167. The Kier molecular flexibility index (Phi) is 15.6. The summed E-state index contributed by atoms with van der Waals surface area (Å²) >= 11 is 0. The molecule has 0 amide bonds. The Labute approximate surface area is 52.8 Å². The van der Waals surface area contributed by atoms with Crippen molar-refractivity contribution in [2.45, 2.75) is 13.3 Å². The van der Waals surface area contributed by atoms with Crippen molar-refractivity contribution in [3.63, 3.8) is 0 Å². The zero-order chi connectivity index (χ0) is 4.12. The Morgan fingerprint density at radius 2 is 2.17 bits per heavy atom. The molecule has 0 aromatic rings. The first-order valence-corrected chi connectivity index (χ1v) is 2.71. The monoisotopic (exact) mass is 144 g/mol. The zero-order valence-electron chi connectivity index (χ0n) is 3.95. The van der Waals surface area contributed by atoms with Gasteiger partial charge in [-0.05, 0) is 0 Å². The molecule has 0 aliphatic rings. The van der Waals surface area contributed by atoms with Gasteiger partial charge in [0.1, 0.15) is 0 Å². The van der Waals surface area contributed by atoms with Crippen LogP contribution in [0.25, 0.3) is 0 Å². The van der Waals surface area contributed by atoms with Crippen LogP contribution in [0.4, 0.5) is 0 Å². The van der Waals surface area contributed by atoms with Crippen LogP contribution in [-0.2, 0) is 17.1 Å². The van der Waals surface area contributed by atoms with Crippen molar-refractivity contribution in [1.82, 2.24) is 0 Å². The summed E-state index contributed by atoms with van der Waals surface area (Å²) in [6.45, 7) is 2.07. The summed E-state index contributed by atoms with van der Waals surface area (Å²) in [7, 11) is 2.67. The van der Waals surface area contributed by atoms with Gasteiger partial charge in [-0.25, -0.2) is 0 Å². The number of hydrogen-bond donors (Lipinski definition) is 0. The third-order valence-corrected chi connectivity index (χ3v) is 0.789. The van der Waals surface area contributed by atoms with E-state index in [0.717, 1.165) is 0 Å². The van der Waals surface area contributed by atoms with Crippen LogP contribution in [0.2, 0.25) is 0 Å². The number of unbranched alkanes of at least 4 members (excludes halogenated alkanes) is 1. The van der Waals surface area contributed by atoms with E-state index in [2.05, 4.69) is 22.6 Å². The van der Waals surface area contributed by atoms with Crippen molar-refractivity contribution in [2.24, 2.45) is 0 Å². The minimum absolute atomic E-state index is 0. The van der Waals surface area contributed by atoms with Crippen LogP contribution in [0.3, 0.4) is 0 Å². The van der Waals surface area contributed by atoms with E-state index in [1.807, 2.05) is 0 Å². The molecule has 0 aliphatic heterocycles. The molecule has 1 atom stereocenters. The van der Waals surface area contributed by atoms with Gasteiger partial charge in [0, 0.05) is 17.1 Å². The molecule has 0 saturated heterocycles. The molecule has 6 heavy (non-hydrogen) atoms. The van der Waals surface area contributed by atoms with Crippen molar-refractivity contribution in [3.8, 4) is 0 Å². The molecule has 0 nitrogen and oxygen atoms in total. The quantitative estimate of drug-likeness (QED) is 0.312. The van der Waals surface area contributed by atoms with E-state index >= 15 is 0 Å². The summed E-state index contributed by atoms with van der Waals surface area (Å²) < 4.78 is 0. The van der Waals surface area contributed by atoms with E-state index < -0.39 is 0 Å². The molecule has 39 valence electrons. The number of hydrogen-bond acceptors (Lipinski definition) is 0. The molecule has 2 heteroatoms. The molecule has 0 heterocycles. The summed E-state index contributed by atoms with van der Waals surface area (Å²) in [4.78, 5) is 0. The van der Waals surface area contributed by atoms with Gasteiger partial charge < -0.3 is 6.42 Å². The largest absolute Gasteiger partial charge is 0.331 e. The third-order valence-electron chi connectivity index (χ3n) is 0.455. The fraction of sp³-hybridized carbons (Fsp3) is 0.750. The van der Waals surface area contributed by atoms with Gasteiger partial charge in [0.15, 0.2) is 0 Å². The van der Waals surface area contributed by atoms with Crippen molar-refractivity contribution in [1.29, 1.82) is 0 Å². The molecule has 0 spiro atoms. The van der Waals surface area contributed by atoms with Crippen LogP contribution < -0.4 is 0 Å². The van der Waals surface area contributed by atoms with Crippen LogP contribution >= 0.6 is 9.24 Å². The van der Waals surface area contributed by atoms with Crippen molar-refractivity contribution < 1.29 is 17.1 Å². The molecule has 0 aromatic heterocycles. The predicted octanol–water partition coefficient (Wildman–Crippen LogP) is 1.47. The van der Waals surface area contributed by atoms with Gasteiger partial charge in [0.2, 0.25) is 0 Å². The molecule has 1 unspecified atom stereocenters. The smallest absolute Gasteiger partial charge is 0 e. The first-order valence-electron chi connectivity index (χ1n) is 1.89. The SMILES string of the molecule is C[CH-]CCP.[Mn]. The van der Waals surface area contributed by atoms with E-state index in [1.165, 1.54) is 12.6 Å². The Balaban J connectivity index is 0. The average molecular weight is 144 g/mol. The summed E-state index contributed by atoms with van der Waals surface area (Å²) in [5, 5.41) is 0. The van der Waals surface area contributed by atoms with Crippen molar-refractivity contribution >= 4 is 9.24 Å². The minimum atomic E-state index is 0. The Morgan fingerprint density at radius 3 is 2.17 bits per heavy atom. The van der Waals surface area contributed by atoms with Crippen LogP contribution in [0.5, 0.6) is 0 Å². The second kappa shape index (κ2) is 9.34. The first-order chi connectivity index (χ1) is 2.41.